The van der Waals surface area contributed by atoms with Crippen molar-refractivity contribution in [3.05, 3.63) is 86.2 Å². The van der Waals surface area contributed by atoms with Gasteiger partial charge in [-0.15, -0.1) is 0 Å². The van der Waals surface area contributed by atoms with E-state index in [2.05, 4.69) is 61.2 Å². The van der Waals surface area contributed by atoms with Crippen molar-refractivity contribution in [2.75, 3.05) is 6.54 Å². The van der Waals surface area contributed by atoms with Crippen molar-refractivity contribution in [3.8, 4) is 0 Å². The number of aliphatic hydroxyl groups excluding tert-OH is 1. The number of carbonyl (C=O) groups is 3. The van der Waals surface area contributed by atoms with E-state index in [1.165, 1.54) is 225 Å². The second-order valence-electron chi connectivity index (χ2n) is 26.6. The predicted octanol–water partition coefficient (Wildman–Crippen LogP) is 14.0. The average Bonchev–Trinajstić information content (AvgIpc) is 4.43. The number of hydrogen-bond donors (Lipinski definition) is 4. The minimum atomic E-state index is -0.425. The number of benzene rings is 1. The Morgan fingerprint density at radius 3 is 1.36 bits per heavy atom. The number of amides is 3. The van der Waals surface area contributed by atoms with Crippen molar-refractivity contribution >= 4 is 17.7 Å². The lowest BCUT2D eigenvalue weighted by Gasteiger charge is -2.28. The fourth-order valence-electron chi connectivity index (χ4n) is 16.4. The Morgan fingerprint density at radius 1 is 0.469 bits per heavy atom. The number of aromatic nitrogens is 6. The van der Waals surface area contributed by atoms with Crippen molar-refractivity contribution < 1.29 is 19.5 Å². The summed E-state index contributed by atoms with van der Waals surface area (Å²) in [4.78, 5) is 39.3. The molecule has 442 valence electrons. The second kappa shape index (κ2) is 28.2. The van der Waals surface area contributed by atoms with Crippen molar-refractivity contribution in [3.63, 3.8) is 0 Å². The van der Waals surface area contributed by atoms with E-state index in [4.69, 9.17) is 15.3 Å². The lowest BCUT2D eigenvalue weighted by atomic mass is 9.84. The maximum absolute atomic E-state index is 13.3. The number of aryl methyl sites for hydroxylation is 1. The molecule has 13 nitrogen and oxygen atoms in total. The van der Waals surface area contributed by atoms with Gasteiger partial charge in [-0.25, -0.2) is 0 Å². The number of carbonyl (C=O) groups excluding carboxylic acids is 3. The van der Waals surface area contributed by atoms with Gasteiger partial charge in [-0.3, -0.25) is 28.4 Å². The molecular weight excluding hydrogens is 1010 g/mol. The molecule has 0 saturated heterocycles. The van der Waals surface area contributed by atoms with Gasteiger partial charge in [-0.1, -0.05) is 121 Å². The third kappa shape index (κ3) is 13.9. The van der Waals surface area contributed by atoms with Crippen LogP contribution in [0.2, 0.25) is 0 Å². The molecule has 4 N–H and O–H groups in total. The fraction of sp³-hybridized carbons (Fsp3) is 0.735. The van der Waals surface area contributed by atoms with Crippen LogP contribution in [0.1, 0.15) is 319 Å². The molecule has 3 amide bonds. The zero-order valence-corrected chi connectivity index (χ0v) is 49.8. The van der Waals surface area contributed by atoms with Gasteiger partial charge in [0.25, 0.3) is 17.7 Å². The normalized spacial score (nSPS) is 22.9. The number of nitrogens with zero attached hydrogens (tertiary/aromatic N) is 6. The lowest BCUT2D eigenvalue weighted by Crippen LogP contribution is -2.39. The molecule has 1 aromatic carbocycles. The minimum Gasteiger partial charge on any atom is -0.391 e. The number of aliphatic hydroxyl groups is 1. The van der Waals surface area contributed by atoms with Crippen molar-refractivity contribution in [1.29, 1.82) is 0 Å². The Kier molecular flexibility index (Phi) is 20.2. The van der Waals surface area contributed by atoms with Crippen molar-refractivity contribution in [2.45, 2.75) is 300 Å². The Labute approximate surface area is 485 Å². The number of hydrogen-bond acceptors (Lipinski definition) is 7. The standard InChI is InChI=1S/C24H31N3O.C22H35N3O2.C22H35N3O/c28-24(25-21-15-8-10-17-9-4-5-13-19(17)21)23-20-14-6-7-16-22(20)27(26-23)18-11-2-1-3-12-18;26-20(16-9-3-1-4-10-16)15-23-22(27)21-18-13-7-8-14-19(18)25(24-21)17-11-5-2-6-12-17;1-16(17-10-4-2-5-11-17)23-22(26)21-19-14-8-9-15-20(19)25(24-21)18-12-6-3-7-13-18/h4-5,9,13,18,21H,1-3,6-8,10-12,14-16H2,(H,25,28);16-17,20,26H,1-15H2,(H,23,27);16-18H,2-15H2,1H3,(H,23,26). The van der Waals surface area contributed by atoms with E-state index >= 15 is 0 Å². The summed E-state index contributed by atoms with van der Waals surface area (Å²) in [7, 11) is 0. The first-order chi connectivity index (χ1) is 39.8. The molecule has 0 radical (unpaired) electrons. The molecule has 9 aliphatic carbocycles. The topological polar surface area (TPSA) is 161 Å². The van der Waals surface area contributed by atoms with Gasteiger partial charge >= 0.3 is 0 Å². The van der Waals surface area contributed by atoms with Crippen molar-refractivity contribution in [2.24, 2.45) is 11.8 Å². The summed E-state index contributed by atoms with van der Waals surface area (Å²) in [6.45, 7) is 2.55. The summed E-state index contributed by atoms with van der Waals surface area (Å²) < 4.78 is 6.74. The Morgan fingerprint density at radius 2 is 0.877 bits per heavy atom. The van der Waals surface area contributed by atoms with Crippen LogP contribution in [-0.4, -0.2) is 70.9 Å². The molecule has 5 saturated carbocycles. The first kappa shape index (κ1) is 58.0. The zero-order chi connectivity index (χ0) is 55.5. The van der Waals surface area contributed by atoms with Gasteiger partial charge in [0.1, 0.15) is 0 Å². The Bertz CT molecular complexity index is 2710. The highest BCUT2D eigenvalue weighted by atomic mass is 16.3. The van der Waals surface area contributed by atoms with Gasteiger partial charge in [0.15, 0.2) is 17.1 Å². The molecule has 81 heavy (non-hydrogen) atoms. The molecule has 0 aliphatic heterocycles. The molecule has 3 unspecified atom stereocenters. The van der Waals surface area contributed by atoms with Gasteiger partial charge in [-0.05, 0) is 190 Å². The summed E-state index contributed by atoms with van der Waals surface area (Å²) >= 11 is 0. The number of rotatable bonds is 12. The summed E-state index contributed by atoms with van der Waals surface area (Å²) in [5.74, 6) is 1.01. The lowest BCUT2D eigenvalue weighted by molar-refractivity contribution is 0.0734. The highest BCUT2D eigenvalue weighted by molar-refractivity contribution is 5.95. The van der Waals surface area contributed by atoms with Crippen LogP contribution in [0.15, 0.2) is 24.3 Å². The van der Waals surface area contributed by atoms with Crippen LogP contribution >= 0.6 is 0 Å². The van der Waals surface area contributed by atoms with Crippen LogP contribution in [0.5, 0.6) is 0 Å². The summed E-state index contributed by atoms with van der Waals surface area (Å²) in [6, 6.07) is 10.4. The molecule has 13 heteroatoms. The molecule has 3 aromatic heterocycles. The predicted molar refractivity (Wildman–Crippen MR) is 321 cm³/mol. The van der Waals surface area contributed by atoms with E-state index < -0.39 is 6.10 Å². The molecular formula is C68H101N9O4. The first-order valence-corrected chi connectivity index (χ1v) is 33.8. The van der Waals surface area contributed by atoms with E-state index in [1.54, 1.807) is 0 Å². The summed E-state index contributed by atoms with van der Waals surface area (Å²) in [6.07, 6.45) is 47.7. The summed E-state index contributed by atoms with van der Waals surface area (Å²) in [5.41, 5.74) is 12.5. The van der Waals surface area contributed by atoms with Crippen LogP contribution in [0, 0.1) is 11.8 Å². The van der Waals surface area contributed by atoms with E-state index in [0.29, 0.717) is 47.9 Å². The number of nitrogens with one attached hydrogen (secondary N) is 3. The molecule has 0 bridgehead atoms. The molecule has 4 aromatic rings. The zero-order valence-electron chi connectivity index (χ0n) is 49.8. The SMILES string of the molecule is CC(NC(=O)c1nn(C2CCCCC2)c2c1CCCC2)C1CCCCC1.O=C(NC1CCCc2ccccc21)c1nn(C2CCCCC2)c2c1CCCC2.O=C(NCC(O)C1CCCCC1)c1nn(C2CCCCC2)c2c1CCCC2. The maximum Gasteiger partial charge on any atom is 0.272 e. The Hall–Kier alpha value is -4.78. The third-order valence-corrected chi connectivity index (χ3v) is 21.1. The fourth-order valence-corrected chi connectivity index (χ4v) is 16.4. The smallest absolute Gasteiger partial charge is 0.272 e. The maximum atomic E-state index is 13.3. The number of fused-ring (bicyclic) bond motifs is 4. The largest absolute Gasteiger partial charge is 0.391 e. The van der Waals surface area contributed by atoms with Gasteiger partial charge in [0, 0.05) is 46.4 Å². The van der Waals surface area contributed by atoms with Gasteiger partial charge in [-0.2, -0.15) is 15.3 Å². The monoisotopic (exact) mass is 1110 g/mol. The molecule has 9 aliphatic rings. The first-order valence-electron chi connectivity index (χ1n) is 33.8. The molecule has 3 atom stereocenters. The van der Waals surface area contributed by atoms with Crippen LogP contribution in [0.4, 0.5) is 0 Å². The van der Waals surface area contributed by atoms with E-state index in [1.807, 2.05) is 0 Å². The van der Waals surface area contributed by atoms with E-state index in [9.17, 15) is 19.5 Å². The third-order valence-electron chi connectivity index (χ3n) is 21.1. The van der Waals surface area contributed by atoms with Crippen LogP contribution in [-0.2, 0) is 44.9 Å². The van der Waals surface area contributed by atoms with Gasteiger partial charge in [0.2, 0.25) is 0 Å². The molecule has 13 rings (SSSR count). The van der Waals surface area contributed by atoms with Crippen molar-refractivity contribution in [1.82, 2.24) is 45.3 Å². The second-order valence-corrected chi connectivity index (χ2v) is 26.6. The van der Waals surface area contributed by atoms with E-state index in [-0.39, 0.29) is 29.8 Å². The quantitative estimate of drug-likeness (QED) is 0.110. The Balaban J connectivity index is 0.000000128. The molecule has 0 spiro atoms. The van der Waals surface area contributed by atoms with Crippen LogP contribution in [0.3, 0.4) is 0 Å². The van der Waals surface area contributed by atoms with Gasteiger partial charge in [0.05, 0.1) is 30.3 Å². The average molecular weight is 1110 g/mol. The minimum absolute atomic E-state index is 0.0365. The molecule has 5 fully saturated rings. The van der Waals surface area contributed by atoms with Gasteiger partial charge < -0.3 is 21.1 Å². The molecule has 3 heterocycles. The van der Waals surface area contributed by atoms with E-state index in [0.717, 1.165) is 82.7 Å². The van der Waals surface area contributed by atoms with Crippen LogP contribution < -0.4 is 16.0 Å². The van der Waals surface area contributed by atoms with Crippen LogP contribution in [0.25, 0.3) is 0 Å². The highest BCUT2D eigenvalue weighted by Crippen LogP contribution is 2.38. The highest BCUT2D eigenvalue weighted by Gasteiger charge is 2.34. The summed E-state index contributed by atoms with van der Waals surface area (Å²) in [5, 5.41) is 34.8.